The Morgan fingerprint density at radius 3 is 2.85 bits per heavy atom. The van der Waals surface area contributed by atoms with Crippen LogP contribution in [0.5, 0.6) is 5.75 Å². The zero-order valence-electron chi connectivity index (χ0n) is 12.9. The average Bonchev–Trinajstić information content (AvgIpc) is 2.78. The van der Waals surface area contributed by atoms with Crippen molar-refractivity contribution in [3.8, 4) is 5.75 Å². The smallest absolute Gasteiger partial charge is 0.121 e. The summed E-state index contributed by atoms with van der Waals surface area (Å²) in [5.41, 5.74) is 1.29. The van der Waals surface area contributed by atoms with Gasteiger partial charge in [-0.3, -0.25) is 0 Å². The maximum atomic E-state index is 5.97. The van der Waals surface area contributed by atoms with E-state index in [4.69, 9.17) is 4.74 Å². The Balaban J connectivity index is 1.96. The maximum Gasteiger partial charge on any atom is 0.121 e. The fraction of sp³-hybridized carbons (Fsp3) is 0.647. The van der Waals surface area contributed by atoms with E-state index in [0.717, 1.165) is 38.5 Å². The second-order valence-corrected chi connectivity index (χ2v) is 5.58. The van der Waals surface area contributed by atoms with Gasteiger partial charge in [0.25, 0.3) is 0 Å². The molecule has 1 aromatic rings. The Hall–Kier alpha value is -1.22. The van der Waals surface area contributed by atoms with Gasteiger partial charge in [0.05, 0.1) is 6.61 Å². The summed E-state index contributed by atoms with van der Waals surface area (Å²) in [5, 5.41) is 3.44. The third kappa shape index (κ3) is 4.41. The van der Waals surface area contributed by atoms with E-state index in [9.17, 15) is 0 Å². The predicted molar refractivity (Wildman–Crippen MR) is 85.7 cm³/mol. The van der Waals surface area contributed by atoms with Crippen LogP contribution >= 0.6 is 0 Å². The second-order valence-electron chi connectivity index (χ2n) is 5.58. The number of ether oxygens (including phenoxy) is 1. The molecule has 1 fully saturated rings. The van der Waals surface area contributed by atoms with Crippen LogP contribution in [0.2, 0.25) is 0 Å². The van der Waals surface area contributed by atoms with Gasteiger partial charge in [-0.2, -0.15) is 0 Å². The minimum Gasteiger partial charge on any atom is -0.493 e. The Labute approximate surface area is 123 Å². The van der Waals surface area contributed by atoms with E-state index in [1.165, 1.54) is 24.9 Å². The van der Waals surface area contributed by atoms with E-state index in [0.29, 0.717) is 5.92 Å². The van der Waals surface area contributed by atoms with Gasteiger partial charge in [-0.15, -0.1) is 0 Å². The van der Waals surface area contributed by atoms with E-state index < -0.39 is 0 Å². The molecule has 112 valence electrons. The van der Waals surface area contributed by atoms with Gasteiger partial charge in [-0.05, 0) is 31.0 Å². The first-order valence-corrected chi connectivity index (χ1v) is 8.02. The summed E-state index contributed by atoms with van der Waals surface area (Å²) >= 11 is 0. The summed E-state index contributed by atoms with van der Waals surface area (Å²) in [6.07, 6.45) is 3.58. The van der Waals surface area contributed by atoms with E-state index in [1.54, 1.807) is 0 Å². The third-order valence-electron chi connectivity index (χ3n) is 4.16. The summed E-state index contributed by atoms with van der Waals surface area (Å²) in [4.78, 5) is 2.45. The van der Waals surface area contributed by atoms with Crippen molar-refractivity contribution in [2.75, 3.05) is 37.7 Å². The van der Waals surface area contributed by atoms with Gasteiger partial charge >= 0.3 is 0 Å². The minimum absolute atomic E-state index is 0.668. The quantitative estimate of drug-likeness (QED) is 0.863. The summed E-state index contributed by atoms with van der Waals surface area (Å²) in [6.45, 7) is 9.70. The number of nitrogens with one attached hydrogen (secondary N) is 1. The number of hydrogen-bond donors (Lipinski definition) is 1. The lowest BCUT2D eigenvalue weighted by Gasteiger charge is -2.23. The van der Waals surface area contributed by atoms with Gasteiger partial charge < -0.3 is 15.0 Å². The maximum absolute atomic E-state index is 5.97. The van der Waals surface area contributed by atoms with Crippen LogP contribution in [0.3, 0.4) is 0 Å². The lowest BCUT2D eigenvalue weighted by Crippen LogP contribution is -2.27. The Morgan fingerprint density at radius 2 is 2.05 bits per heavy atom. The molecule has 0 aromatic heterocycles. The van der Waals surface area contributed by atoms with Gasteiger partial charge in [-0.1, -0.05) is 32.8 Å². The molecular formula is C17H28N2O. The second kappa shape index (κ2) is 8.15. The normalized spacial score (nSPS) is 16.2. The lowest BCUT2D eigenvalue weighted by molar-refractivity contribution is 0.240. The van der Waals surface area contributed by atoms with Gasteiger partial charge in [0.1, 0.15) is 5.75 Å². The molecule has 1 N–H and O–H groups in total. The summed E-state index contributed by atoms with van der Waals surface area (Å²) in [7, 11) is 0. The highest BCUT2D eigenvalue weighted by atomic mass is 16.5. The molecule has 0 bridgehead atoms. The first kappa shape index (κ1) is 15.2. The van der Waals surface area contributed by atoms with E-state index in [2.05, 4.69) is 48.3 Å². The number of benzene rings is 1. The molecule has 1 aliphatic rings. The first-order chi connectivity index (χ1) is 9.83. The molecule has 2 rings (SSSR count). The summed E-state index contributed by atoms with van der Waals surface area (Å²) in [5.74, 6) is 1.67. The molecule has 0 atom stereocenters. The van der Waals surface area contributed by atoms with Crippen molar-refractivity contribution in [1.82, 2.24) is 5.32 Å². The predicted octanol–water partition coefficient (Wildman–Crippen LogP) is 3.30. The number of rotatable bonds is 6. The van der Waals surface area contributed by atoms with E-state index >= 15 is 0 Å². The highest BCUT2D eigenvalue weighted by molar-refractivity contribution is 5.50. The fourth-order valence-electron chi connectivity index (χ4n) is 2.61. The van der Waals surface area contributed by atoms with Crippen LogP contribution in [0.4, 0.5) is 5.69 Å². The molecule has 0 radical (unpaired) electrons. The highest BCUT2D eigenvalue weighted by Gasteiger charge is 2.10. The highest BCUT2D eigenvalue weighted by Crippen LogP contribution is 2.22. The van der Waals surface area contributed by atoms with E-state index in [-0.39, 0.29) is 0 Å². The third-order valence-corrected chi connectivity index (χ3v) is 4.16. The Bertz CT molecular complexity index is 382. The van der Waals surface area contributed by atoms with Gasteiger partial charge in [-0.25, -0.2) is 0 Å². The van der Waals surface area contributed by atoms with Crippen molar-refractivity contribution in [3.63, 3.8) is 0 Å². The molecule has 0 spiro atoms. The SMILES string of the molecule is CCC(CC)COc1cccc(N2CCCNCC2)c1. The Morgan fingerprint density at radius 1 is 1.20 bits per heavy atom. The van der Waals surface area contributed by atoms with Gasteiger partial charge in [0.15, 0.2) is 0 Å². The van der Waals surface area contributed by atoms with Gasteiger partial charge in [0.2, 0.25) is 0 Å². The van der Waals surface area contributed by atoms with Crippen molar-refractivity contribution >= 4 is 5.69 Å². The zero-order valence-corrected chi connectivity index (χ0v) is 12.9. The molecule has 3 heteroatoms. The van der Waals surface area contributed by atoms with Crippen molar-refractivity contribution in [2.45, 2.75) is 33.1 Å². The molecule has 0 amide bonds. The number of anilines is 1. The van der Waals surface area contributed by atoms with Crippen molar-refractivity contribution in [1.29, 1.82) is 0 Å². The first-order valence-electron chi connectivity index (χ1n) is 8.02. The summed E-state index contributed by atoms with van der Waals surface area (Å²) < 4.78 is 5.97. The lowest BCUT2D eigenvalue weighted by atomic mass is 10.1. The fourth-order valence-corrected chi connectivity index (χ4v) is 2.61. The van der Waals surface area contributed by atoms with Crippen LogP contribution in [-0.4, -0.2) is 32.8 Å². The molecule has 1 aromatic carbocycles. The van der Waals surface area contributed by atoms with Crippen molar-refractivity contribution in [3.05, 3.63) is 24.3 Å². The minimum atomic E-state index is 0.668. The molecule has 0 unspecified atom stereocenters. The number of hydrogen-bond acceptors (Lipinski definition) is 3. The monoisotopic (exact) mass is 276 g/mol. The molecule has 0 saturated carbocycles. The molecule has 20 heavy (non-hydrogen) atoms. The van der Waals surface area contributed by atoms with Crippen molar-refractivity contribution in [2.24, 2.45) is 5.92 Å². The molecule has 0 aliphatic carbocycles. The number of nitrogens with zero attached hydrogens (tertiary/aromatic N) is 1. The molecule has 1 aliphatic heterocycles. The molecule has 3 nitrogen and oxygen atoms in total. The zero-order chi connectivity index (χ0) is 14.2. The van der Waals surface area contributed by atoms with Crippen LogP contribution in [0, 0.1) is 5.92 Å². The van der Waals surface area contributed by atoms with Crippen LogP contribution in [-0.2, 0) is 0 Å². The van der Waals surface area contributed by atoms with Crippen LogP contribution in [0.15, 0.2) is 24.3 Å². The average molecular weight is 276 g/mol. The van der Waals surface area contributed by atoms with Crippen LogP contribution < -0.4 is 15.0 Å². The van der Waals surface area contributed by atoms with Gasteiger partial charge in [0, 0.05) is 31.4 Å². The standard InChI is InChI=1S/C17H28N2O/c1-3-15(4-2)14-20-17-8-5-7-16(13-17)19-11-6-9-18-10-12-19/h5,7-8,13,15,18H,3-4,6,9-12,14H2,1-2H3. The molecule has 1 saturated heterocycles. The summed E-state index contributed by atoms with van der Waals surface area (Å²) in [6, 6.07) is 8.56. The van der Waals surface area contributed by atoms with Crippen LogP contribution in [0.1, 0.15) is 33.1 Å². The van der Waals surface area contributed by atoms with Crippen LogP contribution in [0.25, 0.3) is 0 Å². The topological polar surface area (TPSA) is 24.5 Å². The molecule has 1 heterocycles. The Kier molecular flexibility index (Phi) is 6.19. The van der Waals surface area contributed by atoms with Crippen molar-refractivity contribution < 1.29 is 4.74 Å². The van der Waals surface area contributed by atoms with E-state index in [1.807, 2.05) is 0 Å². The largest absolute Gasteiger partial charge is 0.493 e. The molecular weight excluding hydrogens is 248 g/mol.